The minimum Gasteiger partial charge on any atom is -0.497 e. The molecule has 0 aliphatic carbocycles. The van der Waals surface area contributed by atoms with E-state index in [1.54, 1.807) is 19.2 Å². The highest BCUT2D eigenvalue weighted by atomic mass is 19.1. The fraction of sp³-hybridized carbons (Fsp3) is 0.263. The van der Waals surface area contributed by atoms with E-state index < -0.39 is 6.10 Å². The summed E-state index contributed by atoms with van der Waals surface area (Å²) in [5, 5.41) is 6.75. The number of nitrogens with zero attached hydrogens (tertiary/aromatic N) is 1. The zero-order valence-electron chi connectivity index (χ0n) is 13.9. The fourth-order valence-electron chi connectivity index (χ4n) is 2.59. The zero-order valence-corrected chi connectivity index (χ0v) is 13.9. The van der Waals surface area contributed by atoms with E-state index in [1.807, 2.05) is 24.3 Å². The number of halogens is 1. The maximum Gasteiger partial charge on any atom is 0.264 e. The molecule has 5 nitrogen and oxygen atoms in total. The Balaban J connectivity index is 1.46. The second-order valence-corrected chi connectivity index (χ2v) is 5.74. The van der Waals surface area contributed by atoms with Crippen molar-refractivity contribution < 1.29 is 18.8 Å². The molecule has 6 heteroatoms. The van der Waals surface area contributed by atoms with Crippen LogP contribution >= 0.6 is 0 Å². The number of methoxy groups -OCH3 is 1. The molecule has 0 saturated carbocycles. The lowest BCUT2D eigenvalue weighted by molar-refractivity contribution is -0.131. The minimum absolute atomic E-state index is 0.219. The molecule has 1 aliphatic heterocycles. The second-order valence-electron chi connectivity index (χ2n) is 5.74. The summed E-state index contributed by atoms with van der Waals surface area (Å²) in [5.41, 5.74) is 2.31. The summed E-state index contributed by atoms with van der Waals surface area (Å²) in [7, 11) is 1.62. The van der Waals surface area contributed by atoms with E-state index in [-0.39, 0.29) is 11.7 Å². The van der Waals surface area contributed by atoms with Gasteiger partial charge >= 0.3 is 0 Å². The SMILES string of the molecule is COc1ccc(CCNC(=O)[C@@H]2CC(c3cccc(F)c3)=NO2)cc1. The monoisotopic (exact) mass is 342 g/mol. The number of carbonyl (C=O) groups is 1. The van der Waals surface area contributed by atoms with E-state index in [4.69, 9.17) is 9.57 Å². The number of oxime groups is 1. The van der Waals surface area contributed by atoms with Gasteiger partial charge in [0.25, 0.3) is 5.91 Å². The van der Waals surface area contributed by atoms with Gasteiger partial charge in [-0.25, -0.2) is 4.39 Å². The Bertz CT molecular complexity index is 774. The van der Waals surface area contributed by atoms with E-state index >= 15 is 0 Å². The topological polar surface area (TPSA) is 59.9 Å². The van der Waals surface area contributed by atoms with Gasteiger partial charge in [-0.2, -0.15) is 0 Å². The van der Waals surface area contributed by atoms with Crippen molar-refractivity contribution in [2.45, 2.75) is 18.9 Å². The Morgan fingerprint density at radius 3 is 2.84 bits per heavy atom. The van der Waals surface area contributed by atoms with Gasteiger partial charge in [-0.3, -0.25) is 4.79 Å². The van der Waals surface area contributed by atoms with Gasteiger partial charge in [0.1, 0.15) is 11.6 Å². The third kappa shape index (κ3) is 4.35. The molecule has 0 fully saturated rings. The van der Waals surface area contributed by atoms with E-state index in [1.165, 1.54) is 12.1 Å². The smallest absolute Gasteiger partial charge is 0.264 e. The Morgan fingerprint density at radius 1 is 1.32 bits per heavy atom. The first kappa shape index (κ1) is 17.0. The molecular weight excluding hydrogens is 323 g/mol. The number of ether oxygens (including phenoxy) is 1. The highest BCUT2D eigenvalue weighted by molar-refractivity contribution is 6.04. The van der Waals surface area contributed by atoms with Gasteiger partial charge in [0.15, 0.2) is 0 Å². The quantitative estimate of drug-likeness (QED) is 0.878. The average molecular weight is 342 g/mol. The number of nitrogens with one attached hydrogen (secondary N) is 1. The van der Waals surface area contributed by atoms with Crippen molar-refractivity contribution in [1.82, 2.24) is 5.32 Å². The summed E-state index contributed by atoms with van der Waals surface area (Å²) >= 11 is 0. The first-order valence-corrected chi connectivity index (χ1v) is 8.05. The van der Waals surface area contributed by atoms with Crippen LogP contribution < -0.4 is 10.1 Å². The molecule has 1 heterocycles. The molecule has 3 rings (SSSR count). The highest BCUT2D eigenvalue weighted by Gasteiger charge is 2.28. The number of benzene rings is 2. The predicted octanol–water partition coefficient (Wildman–Crippen LogP) is 2.69. The Morgan fingerprint density at radius 2 is 2.12 bits per heavy atom. The Labute approximate surface area is 145 Å². The molecule has 0 spiro atoms. The second kappa shape index (κ2) is 7.79. The molecule has 0 radical (unpaired) electrons. The summed E-state index contributed by atoms with van der Waals surface area (Å²) in [6, 6.07) is 13.8. The maximum absolute atomic E-state index is 13.3. The summed E-state index contributed by atoms with van der Waals surface area (Å²) in [5.74, 6) is 0.241. The summed E-state index contributed by atoms with van der Waals surface area (Å²) in [4.78, 5) is 17.4. The van der Waals surface area contributed by atoms with Gasteiger partial charge in [-0.15, -0.1) is 0 Å². The molecular formula is C19H19FN2O3. The number of rotatable bonds is 6. The normalized spacial score (nSPS) is 16.1. The van der Waals surface area contributed by atoms with Crippen LogP contribution in [0, 0.1) is 5.82 Å². The number of carbonyl (C=O) groups excluding carboxylic acids is 1. The van der Waals surface area contributed by atoms with Crippen LogP contribution in [0.3, 0.4) is 0 Å². The van der Waals surface area contributed by atoms with Crippen molar-refractivity contribution in [3.05, 3.63) is 65.5 Å². The minimum atomic E-state index is -0.672. The number of hydrogen-bond acceptors (Lipinski definition) is 4. The van der Waals surface area contributed by atoms with Crippen LogP contribution in [0.25, 0.3) is 0 Å². The Kier molecular flexibility index (Phi) is 5.28. The van der Waals surface area contributed by atoms with Crippen molar-refractivity contribution in [2.24, 2.45) is 5.16 Å². The molecule has 25 heavy (non-hydrogen) atoms. The van der Waals surface area contributed by atoms with Crippen molar-refractivity contribution >= 4 is 11.6 Å². The van der Waals surface area contributed by atoms with Gasteiger partial charge in [0, 0.05) is 18.5 Å². The lowest BCUT2D eigenvalue weighted by atomic mass is 10.0. The number of hydrogen-bond donors (Lipinski definition) is 1. The van der Waals surface area contributed by atoms with Crippen LogP contribution in [0.4, 0.5) is 4.39 Å². The molecule has 130 valence electrons. The van der Waals surface area contributed by atoms with Crippen LogP contribution in [-0.2, 0) is 16.1 Å². The van der Waals surface area contributed by atoms with E-state index in [2.05, 4.69) is 10.5 Å². The number of amides is 1. The lowest BCUT2D eigenvalue weighted by Crippen LogP contribution is -2.36. The third-order valence-corrected chi connectivity index (χ3v) is 3.99. The molecule has 0 unspecified atom stereocenters. The summed E-state index contributed by atoms with van der Waals surface area (Å²) < 4.78 is 18.4. The predicted molar refractivity (Wildman–Crippen MR) is 92.1 cm³/mol. The molecule has 0 saturated heterocycles. The standard InChI is InChI=1S/C19H19FN2O3/c1-24-16-7-5-13(6-8-16)9-10-21-19(23)18-12-17(22-25-18)14-3-2-4-15(20)11-14/h2-8,11,18H,9-10,12H2,1H3,(H,21,23)/t18-/m0/s1. The van der Waals surface area contributed by atoms with Crippen LogP contribution in [0.5, 0.6) is 5.75 Å². The van der Waals surface area contributed by atoms with Gasteiger partial charge in [0.2, 0.25) is 6.10 Å². The zero-order chi connectivity index (χ0) is 17.6. The van der Waals surface area contributed by atoms with Gasteiger partial charge in [-0.05, 0) is 36.2 Å². The molecule has 1 atom stereocenters. The van der Waals surface area contributed by atoms with Gasteiger partial charge in [-0.1, -0.05) is 29.4 Å². The molecule has 1 amide bonds. The first-order valence-electron chi connectivity index (χ1n) is 8.05. The van der Waals surface area contributed by atoms with Gasteiger partial charge in [0.05, 0.1) is 12.8 Å². The van der Waals surface area contributed by atoms with Crippen molar-refractivity contribution in [2.75, 3.05) is 13.7 Å². The summed E-state index contributed by atoms with van der Waals surface area (Å²) in [6.07, 6.45) is 0.367. The molecule has 0 aromatic heterocycles. The first-order chi connectivity index (χ1) is 12.2. The van der Waals surface area contributed by atoms with E-state index in [0.29, 0.717) is 30.7 Å². The maximum atomic E-state index is 13.3. The van der Waals surface area contributed by atoms with Crippen molar-refractivity contribution in [1.29, 1.82) is 0 Å². The highest BCUT2D eigenvalue weighted by Crippen LogP contribution is 2.17. The third-order valence-electron chi connectivity index (χ3n) is 3.99. The van der Waals surface area contributed by atoms with Crippen molar-refractivity contribution in [3.8, 4) is 5.75 Å². The lowest BCUT2D eigenvalue weighted by Gasteiger charge is -2.09. The molecule has 0 bridgehead atoms. The summed E-state index contributed by atoms with van der Waals surface area (Å²) in [6.45, 7) is 0.500. The van der Waals surface area contributed by atoms with Crippen LogP contribution in [-0.4, -0.2) is 31.4 Å². The largest absolute Gasteiger partial charge is 0.497 e. The molecule has 1 N–H and O–H groups in total. The van der Waals surface area contributed by atoms with E-state index in [9.17, 15) is 9.18 Å². The average Bonchev–Trinajstić information content (AvgIpc) is 3.12. The fourth-order valence-corrected chi connectivity index (χ4v) is 2.59. The van der Waals surface area contributed by atoms with Crippen LogP contribution in [0.2, 0.25) is 0 Å². The van der Waals surface area contributed by atoms with Crippen LogP contribution in [0.15, 0.2) is 53.7 Å². The molecule has 2 aromatic carbocycles. The molecule has 1 aliphatic rings. The van der Waals surface area contributed by atoms with E-state index in [0.717, 1.165) is 11.3 Å². The Hall–Kier alpha value is -2.89. The van der Waals surface area contributed by atoms with Crippen molar-refractivity contribution in [3.63, 3.8) is 0 Å². The van der Waals surface area contributed by atoms with Gasteiger partial charge < -0.3 is 14.9 Å². The molecule has 2 aromatic rings. The van der Waals surface area contributed by atoms with Crippen LogP contribution in [0.1, 0.15) is 17.5 Å².